The van der Waals surface area contributed by atoms with Gasteiger partial charge in [-0.1, -0.05) is 5.16 Å². The van der Waals surface area contributed by atoms with Crippen LogP contribution < -0.4 is 0 Å². The van der Waals surface area contributed by atoms with Gasteiger partial charge in [0.2, 0.25) is 0 Å². The van der Waals surface area contributed by atoms with Gasteiger partial charge in [-0.3, -0.25) is 4.79 Å². The summed E-state index contributed by atoms with van der Waals surface area (Å²) in [6.45, 7) is 4.28. The predicted octanol–water partition coefficient (Wildman–Crippen LogP) is 2.42. The van der Waals surface area contributed by atoms with Crippen LogP contribution in [0.15, 0.2) is 28.8 Å². The van der Waals surface area contributed by atoms with Crippen LogP contribution >= 0.6 is 0 Å². The first-order chi connectivity index (χ1) is 11.0. The predicted molar refractivity (Wildman–Crippen MR) is 84.8 cm³/mol. The van der Waals surface area contributed by atoms with E-state index in [1.165, 1.54) is 0 Å². The summed E-state index contributed by atoms with van der Waals surface area (Å²) in [5.74, 6) is 1.05. The zero-order valence-electron chi connectivity index (χ0n) is 13.4. The van der Waals surface area contributed by atoms with Crippen molar-refractivity contribution in [2.75, 3.05) is 6.54 Å². The van der Waals surface area contributed by atoms with E-state index < -0.39 is 6.10 Å². The summed E-state index contributed by atoms with van der Waals surface area (Å²) < 4.78 is 5.13. The molecule has 1 aromatic heterocycles. The van der Waals surface area contributed by atoms with Gasteiger partial charge in [-0.05, 0) is 57.4 Å². The average molecular weight is 315 g/mol. The van der Waals surface area contributed by atoms with Crippen LogP contribution in [0.4, 0.5) is 0 Å². The Labute approximate surface area is 135 Å². The Hall–Kier alpha value is -2.21. The summed E-state index contributed by atoms with van der Waals surface area (Å²) in [5.41, 5.74) is 1.44. The highest BCUT2D eigenvalue weighted by Gasteiger charge is 2.30. The van der Waals surface area contributed by atoms with E-state index in [2.05, 4.69) is 10.1 Å². The second-order valence-electron chi connectivity index (χ2n) is 6.10. The number of aromatic nitrogens is 2. The molecule has 23 heavy (non-hydrogen) atoms. The summed E-state index contributed by atoms with van der Waals surface area (Å²) in [6, 6.07) is 7.34. The molecule has 0 aliphatic carbocycles. The highest BCUT2D eigenvalue weighted by atomic mass is 16.5. The fourth-order valence-corrected chi connectivity index (χ4v) is 3.08. The van der Waals surface area contributed by atoms with Gasteiger partial charge in [0, 0.05) is 23.7 Å². The zero-order chi connectivity index (χ0) is 16.4. The summed E-state index contributed by atoms with van der Waals surface area (Å²) in [5, 5.41) is 13.4. The van der Waals surface area contributed by atoms with Crippen molar-refractivity contribution in [1.82, 2.24) is 15.0 Å². The molecule has 0 radical (unpaired) electrons. The molecule has 122 valence electrons. The van der Waals surface area contributed by atoms with Crippen molar-refractivity contribution in [1.29, 1.82) is 0 Å². The maximum absolute atomic E-state index is 12.7. The van der Waals surface area contributed by atoms with Crippen molar-refractivity contribution in [3.05, 3.63) is 35.7 Å². The lowest BCUT2D eigenvalue weighted by Crippen LogP contribution is -2.37. The molecular formula is C17H21N3O3. The monoisotopic (exact) mass is 315 g/mol. The van der Waals surface area contributed by atoms with Gasteiger partial charge in [0.1, 0.15) is 0 Å². The number of aliphatic hydroxyl groups excluding tert-OH is 1. The minimum atomic E-state index is -0.392. The normalized spacial score (nSPS) is 19.1. The third-order valence-corrected chi connectivity index (χ3v) is 4.16. The van der Waals surface area contributed by atoms with Crippen molar-refractivity contribution < 1.29 is 14.4 Å². The van der Waals surface area contributed by atoms with Gasteiger partial charge >= 0.3 is 0 Å². The molecule has 1 amide bonds. The molecule has 1 saturated heterocycles. The molecule has 0 bridgehead atoms. The molecule has 6 nitrogen and oxygen atoms in total. The molecule has 1 fully saturated rings. The van der Waals surface area contributed by atoms with Gasteiger partial charge in [-0.15, -0.1) is 0 Å². The number of benzene rings is 1. The number of nitrogens with zero attached hydrogens (tertiary/aromatic N) is 3. The quantitative estimate of drug-likeness (QED) is 0.937. The molecule has 2 unspecified atom stereocenters. The maximum atomic E-state index is 12.7. The van der Waals surface area contributed by atoms with Crippen LogP contribution in [0.25, 0.3) is 11.5 Å². The first kappa shape index (κ1) is 15.7. The first-order valence-electron chi connectivity index (χ1n) is 7.94. The highest BCUT2D eigenvalue weighted by molar-refractivity contribution is 5.95. The smallest absolute Gasteiger partial charge is 0.257 e. The second-order valence-corrected chi connectivity index (χ2v) is 6.10. The maximum Gasteiger partial charge on any atom is 0.257 e. The molecule has 0 saturated carbocycles. The SMILES string of the molecule is Cc1noc(-c2ccc(C(=O)N3CCCC3CC(C)O)cc2)n1. The van der Waals surface area contributed by atoms with E-state index in [-0.39, 0.29) is 11.9 Å². The van der Waals surface area contributed by atoms with Crippen molar-refractivity contribution in [2.45, 2.75) is 45.3 Å². The summed E-state index contributed by atoms with van der Waals surface area (Å²) in [7, 11) is 0. The van der Waals surface area contributed by atoms with E-state index in [0.717, 1.165) is 24.9 Å². The Morgan fingerprint density at radius 1 is 1.43 bits per heavy atom. The lowest BCUT2D eigenvalue weighted by molar-refractivity contribution is 0.0682. The van der Waals surface area contributed by atoms with Gasteiger partial charge in [0.25, 0.3) is 11.8 Å². The molecule has 2 atom stereocenters. The minimum Gasteiger partial charge on any atom is -0.393 e. The van der Waals surface area contributed by atoms with Gasteiger partial charge in [-0.25, -0.2) is 0 Å². The van der Waals surface area contributed by atoms with E-state index in [1.54, 1.807) is 26.0 Å². The second kappa shape index (κ2) is 6.50. The van der Waals surface area contributed by atoms with Crippen LogP contribution in [0, 0.1) is 6.92 Å². The number of carbonyl (C=O) groups excluding carboxylic acids is 1. The minimum absolute atomic E-state index is 0.0152. The van der Waals surface area contributed by atoms with E-state index in [0.29, 0.717) is 23.7 Å². The Kier molecular flexibility index (Phi) is 4.43. The molecule has 2 aromatic rings. The average Bonchev–Trinajstić information content (AvgIpc) is 3.15. The lowest BCUT2D eigenvalue weighted by atomic mass is 10.1. The molecule has 1 aliphatic heterocycles. The van der Waals surface area contributed by atoms with E-state index in [9.17, 15) is 9.90 Å². The summed E-state index contributed by atoms with van der Waals surface area (Å²) >= 11 is 0. The molecule has 6 heteroatoms. The number of likely N-dealkylation sites (tertiary alicyclic amines) is 1. The van der Waals surface area contributed by atoms with Crippen LogP contribution in [0.5, 0.6) is 0 Å². The van der Waals surface area contributed by atoms with Crippen LogP contribution in [-0.2, 0) is 0 Å². The van der Waals surface area contributed by atoms with E-state index in [4.69, 9.17) is 4.52 Å². The topological polar surface area (TPSA) is 79.5 Å². The standard InChI is InChI=1S/C17H21N3O3/c1-11(21)10-15-4-3-9-20(15)17(22)14-7-5-13(6-8-14)16-18-12(2)19-23-16/h5-8,11,15,21H,3-4,9-10H2,1-2H3. The number of hydrogen-bond acceptors (Lipinski definition) is 5. The Morgan fingerprint density at radius 3 is 2.78 bits per heavy atom. The van der Waals surface area contributed by atoms with E-state index >= 15 is 0 Å². The van der Waals surface area contributed by atoms with Gasteiger partial charge in [0.15, 0.2) is 5.82 Å². The molecule has 1 N–H and O–H groups in total. The van der Waals surface area contributed by atoms with Crippen molar-refractivity contribution in [3.63, 3.8) is 0 Å². The Balaban J connectivity index is 1.75. The number of aryl methyl sites for hydroxylation is 1. The van der Waals surface area contributed by atoms with Crippen LogP contribution in [0.1, 0.15) is 42.4 Å². The third kappa shape index (κ3) is 3.42. The van der Waals surface area contributed by atoms with Crippen molar-refractivity contribution in [3.8, 4) is 11.5 Å². The Bertz CT molecular complexity index is 679. The largest absolute Gasteiger partial charge is 0.393 e. The number of rotatable bonds is 4. The molecule has 2 heterocycles. The number of aliphatic hydroxyl groups is 1. The zero-order valence-corrected chi connectivity index (χ0v) is 13.4. The highest BCUT2D eigenvalue weighted by Crippen LogP contribution is 2.25. The molecule has 0 spiro atoms. The van der Waals surface area contributed by atoms with E-state index in [1.807, 2.05) is 17.0 Å². The molecular weight excluding hydrogens is 294 g/mol. The molecule has 1 aromatic carbocycles. The molecule has 3 rings (SSSR count). The van der Waals surface area contributed by atoms with Crippen LogP contribution in [-0.4, -0.2) is 44.7 Å². The third-order valence-electron chi connectivity index (χ3n) is 4.16. The van der Waals surface area contributed by atoms with Crippen LogP contribution in [0.2, 0.25) is 0 Å². The van der Waals surface area contributed by atoms with Crippen LogP contribution in [0.3, 0.4) is 0 Å². The molecule has 1 aliphatic rings. The number of carbonyl (C=O) groups is 1. The van der Waals surface area contributed by atoms with Gasteiger partial charge < -0.3 is 14.5 Å². The number of hydrogen-bond donors (Lipinski definition) is 1. The van der Waals surface area contributed by atoms with Crippen molar-refractivity contribution >= 4 is 5.91 Å². The fourth-order valence-electron chi connectivity index (χ4n) is 3.08. The van der Waals surface area contributed by atoms with Gasteiger partial charge in [-0.2, -0.15) is 4.98 Å². The summed E-state index contributed by atoms with van der Waals surface area (Å²) in [6.07, 6.45) is 2.18. The lowest BCUT2D eigenvalue weighted by Gasteiger charge is -2.25. The Morgan fingerprint density at radius 2 is 2.17 bits per heavy atom. The van der Waals surface area contributed by atoms with Crippen molar-refractivity contribution in [2.24, 2.45) is 0 Å². The first-order valence-corrected chi connectivity index (χ1v) is 7.94. The fraction of sp³-hybridized carbons (Fsp3) is 0.471. The van der Waals surface area contributed by atoms with Gasteiger partial charge in [0.05, 0.1) is 6.10 Å². The number of amides is 1. The summed E-state index contributed by atoms with van der Waals surface area (Å²) in [4.78, 5) is 18.7.